The summed E-state index contributed by atoms with van der Waals surface area (Å²) in [7, 11) is 2.13. The molecule has 1 heterocycles. The molecule has 1 aromatic carbocycles. The smallest absolute Gasteiger partial charge is 0.335 e. The van der Waals surface area contributed by atoms with Gasteiger partial charge in [-0.1, -0.05) is 6.07 Å². The average Bonchev–Trinajstić information content (AvgIpc) is 2.31. The normalized spacial score (nSPS) is 17.9. The predicted molar refractivity (Wildman–Crippen MR) is 70.9 cm³/mol. The van der Waals surface area contributed by atoms with Crippen molar-refractivity contribution in [2.45, 2.75) is 13.5 Å². The third kappa shape index (κ3) is 3.31. The van der Waals surface area contributed by atoms with Crippen molar-refractivity contribution < 1.29 is 9.90 Å². The highest BCUT2D eigenvalue weighted by atomic mass is 16.4. The second-order valence-electron chi connectivity index (χ2n) is 5.09. The Hall–Kier alpha value is -1.39. The number of hydrogen-bond donors (Lipinski definition) is 1. The molecule has 4 heteroatoms. The molecule has 18 heavy (non-hydrogen) atoms. The van der Waals surface area contributed by atoms with Crippen LogP contribution in [0.1, 0.15) is 21.5 Å². The van der Waals surface area contributed by atoms with Crippen LogP contribution in [0.25, 0.3) is 0 Å². The van der Waals surface area contributed by atoms with Crippen molar-refractivity contribution in [3.8, 4) is 0 Å². The van der Waals surface area contributed by atoms with Crippen molar-refractivity contribution >= 4 is 5.97 Å². The van der Waals surface area contributed by atoms with Crippen molar-refractivity contribution in [1.29, 1.82) is 0 Å². The summed E-state index contributed by atoms with van der Waals surface area (Å²) >= 11 is 0. The number of carbonyl (C=O) groups is 1. The zero-order chi connectivity index (χ0) is 13.1. The fraction of sp³-hybridized carbons (Fsp3) is 0.500. The topological polar surface area (TPSA) is 43.8 Å². The lowest BCUT2D eigenvalue weighted by Crippen LogP contribution is -2.43. The van der Waals surface area contributed by atoms with E-state index in [1.807, 2.05) is 6.92 Å². The molecule has 1 aromatic rings. The number of aromatic carboxylic acids is 1. The van der Waals surface area contributed by atoms with Gasteiger partial charge in [-0.05, 0) is 37.2 Å². The standard InChI is InChI=1S/C14H20N2O2/c1-11-7-12(9-13(8-11)14(17)18)10-16-5-3-15(2)4-6-16/h7-9H,3-6,10H2,1-2H3,(H,17,18). The summed E-state index contributed by atoms with van der Waals surface area (Å²) in [5.41, 5.74) is 2.50. The van der Waals surface area contributed by atoms with E-state index < -0.39 is 5.97 Å². The first-order valence-corrected chi connectivity index (χ1v) is 6.29. The molecule has 0 spiro atoms. The van der Waals surface area contributed by atoms with E-state index in [9.17, 15) is 4.79 Å². The van der Waals surface area contributed by atoms with Gasteiger partial charge in [0.1, 0.15) is 0 Å². The zero-order valence-electron chi connectivity index (χ0n) is 11.0. The number of aryl methyl sites for hydroxylation is 1. The van der Waals surface area contributed by atoms with E-state index in [-0.39, 0.29) is 0 Å². The van der Waals surface area contributed by atoms with E-state index in [1.54, 1.807) is 12.1 Å². The largest absolute Gasteiger partial charge is 0.478 e. The quantitative estimate of drug-likeness (QED) is 0.879. The van der Waals surface area contributed by atoms with Crippen LogP contribution < -0.4 is 0 Å². The minimum atomic E-state index is -0.849. The molecule has 1 fully saturated rings. The average molecular weight is 248 g/mol. The molecule has 1 aliphatic heterocycles. The van der Waals surface area contributed by atoms with E-state index >= 15 is 0 Å². The van der Waals surface area contributed by atoms with Crippen molar-refractivity contribution in [3.63, 3.8) is 0 Å². The third-order valence-electron chi connectivity index (χ3n) is 3.39. The molecule has 4 nitrogen and oxygen atoms in total. The molecule has 1 N–H and O–H groups in total. The SMILES string of the molecule is Cc1cc(CN2CCN(C)CC2)cc(C(=O)O)c1. The highest BCUT2D eigenvalue weighted by molar-refractivity contribution is 5.88. The molecule has 0 amide bonds. The number of nitrogens with zero attached hydrogens (tertiary/aromatic N) is 2. The van der Waals surface area contributed by atoms with E-state index in [0.717, 1.165) is 43.9 Å². The monoisotopic (exact) mass is 248 g/mol. The first kappa shape index (κ1) is 13.1. The van der Waals surface area contributed by atoms with Crippen LogP contribution in [0, 0.1) is 6.92 Å². The van der Waals surface area contributed by atoms with Crippen LogP contribution in [-0.2, 0) is 6.54 Å². The van der Waals surface area contributed by atoms with Crippen LogP contribution in [-0.4, -0.2) is 54.1 Å². The highest BCUT2D eigenvalue weighted by Crippen LogP contribution is 2.13. The minimum absolute atomic E-state index is 0.388. The maximum absolute atomic E-state index is 11.0. The number of rotatable bonds is 3. The van der Waals surface area contributed by atoms with Gasteiger partial charge in [0.15, 0.2) is 0 Å². The van der Waals surface area contributed by atoms with E-state index in [2.05, 4.69) is 22.9 Å². The third-order valence-corrected chi connectivity index (χ3v) is 3.39. The fourth-order valence-corrected chi connectivity index (χ4v) is 2.34. The highest BCUT2D eigenvalue weighted by Gasteiger charge is 2.14. The molecule has 0 bridgehead atoms. The van der Waals surface area contributed by atoms with Crippen LogP contribution in [0.4, 0.5) is 0 Å². The summed E-state index contributed by atoms with van der Waals surface area (Å²) < 4.78 is 0. The van der Waals surface area contributed by atoms with Gasteiger partial charge in [0.2, 0.25) is 0 Å². The molecule has 1 aliphatic rings. The van der Waals surface area contributed by atoms with Crippen LogP contribution >= 0.6 is 0 Å². The first-order valence-electron chi connectivity index (χ1n) is 6.29. The van der Waals surface area contributed by atoms with Crippen molar-refractivity contribution in [2.75, 3.05) is 33.2 Å². The lowest BCUT2D eigenvalue weighted by Gasteiger charge is -2.32. The summed E-state index contributed by atoms with van der Waals surface area (Å²) in [4.78, 5) is 15.7. The molecule has 0 saturated carbocycles. The van der Waals surface area contributed by atoms with Gasteiger partial charge < -0.3 is 10.0 Å². The Morgan fingerprint density at radius 3 is 2.50 bits per heavy atom. The summed E-state index contributed by atoms with van der Waals surface area (Å²) in [5, 5.41) is 9.05. The van der Waals surface area contributed by atoms with Crippen molar-refractivity contribution in [1.82, 2.24) is 9.80 Å². The number of piperazine rings is 1. The molecule has 0 aromatic heterocycles. The number of carboxylic acids is 1. The maximum atomic E-state index is 11.0. The van der Waals surface area contributed by atoms with Gasteiger partial charge in [-0.2, -0.15) is 0 Å². The van der Waals surface area contributed by atoms with E-state index in [0.29, 0.717) is 5.56 Å². The molecular weight excluding hydrogens is 228 g/mol. The first-order chi connectivity index (χ1) is 8.54. The van der Waals surface area contributed by atoms with Crippen LogP contribution in [0.3, 0.4) is 0 Å². The Morgan fingerprint density at radius 1 is 1.22 bits per heavy atom. The summed E-state index contributed by atoms with van der Waals surface area (Å²) in [5.74, 6) is -0.849. The van der Waals surface area contributed by atoms with Crippen molar-refractivity contribution in [2.24, 2.45) is 0 Å². The second-order valence-corrected chi connectivity index (χ2v) is 5.09. The van der Waals surface area contributed by atoms with Crippen molar-refractivity contribution in [3.05, 3.63) is 34.9 Å². The number of hydrogen-bond acceptors (Lipinski definition) is 3. The van der Waals surface area contributed by atoms with Crippen LogP contribution in [0.2, 0.25) is 0 Å². The summed E-state index contributed by atoms with van der Waals surface area (Å²) in [6, 6.07) is 5.58. The summed E-state index contributed by atoms with van der Waals surface area (Å²) in [6.07, 6.45) is 0. The maximum Gasteiger partial charge on any atom is 0.335 e. The van der Waals surface area contributed by atoms with E-state index in [1.165, 1.54) is 0 Å². The Morgan fingerprint density at radius 2 is 1.89 bits per heavy atom. The molecule has 1 saturated heterocycles. The Bertz CT molecular complexity index is 437. The predicted octanol–water partition coefficient (Wildman–Crippen LogP) is 1.44. The molecule has 0 radical (unpaired) electrons. The van der Waals surface area contributed by atoms with Gasteiger partial charge in [-0.25, -0.2) is 4.79 Å². The lowest BCUT2D eigenvalue weighted by atomic mass is 10.1. The number of carboxylic acid groups (broad SMARTS) is 1. The van der Waals surface area contributed by atoms with Gasteiger partial charge in [-0.15, -0.1) is 0 Å². The van der Waals surface area contributed by atoms with E-state index in [4.69, 9.17) is 5.11 Å². The molecule has 0 aliphatic carbocycles. The van der Waals surface area contributed by atoms with Gasteiger partial charge in [-0.3, -0.25) is 4.90 Å². The Balaban J connectivity index is 2.07. The number of benzene rings is 1. The van der Waals surface area contributed by atoms with Crippen LogP contribution in [0.15, 0.2) is 18.2 Å². The molecule has 0 atom stereocenters. The summed E-state index contributed by atoms with van der Waals surface area (Å²) in [6.45, 7) is 7.05. The van der Waals surface area contributed by atoms with Crippen LogP contribution in [0.5, 0.6) is 0 Å². The molecule has 98 valence electrons. The zero-order valence-corrected chi connectivity index (χ0v) is 11.0. The van der Waals surface area contributed by atoms with Gasteiger partial charge in [0.05, 0.1) is 5.56 Å². The second kappa shape index (κ2) is 5.50. The molecule has 2 rings (SSSR count). The fourth-order valence-electron chi connectivity index (χ4n) is 2.34. The number of likely N-dealkylation sites (N-methyl/N-ethyl adjacent to an activating group) is 1. The van der Waals surface area contributed by atoms with Gasteiger partial charge in [0, 0.05) is 32.7 Å². The lowest BCUT2D eigenvalue weighted by molar-refractivity contribution is 0.0696. The molecular formula is C14H20N2O2. The van der Waals surface area contributed by atoms with Gasteiger partial charge in [0.25, 0.3) is 0 Å². The minimum Gasteiger partial charge on any atom is -0.478 e. The molecule has 0 unspecified atom stereocenters. The van der Waals surface area contributed by atoms with Gasteiger partial charge >= 0.3 is 5.97 Å². The Kier molecular flexibility index (Phi) is 3.99. The Labute approximate surface area is 108 Å².